The van der Waals surface area contributed by atoms with Crippen LogP contribution in [0.5, 0.6) is 0 Å². The second-order valence-electron chi connectivity index (χ2n) is 5.15. The summed E-state index contributed by atoms with van der Waals surface area (Å²) in [5.74, 6) is 0. The summed E-state index contributed by atoms with van der Waals surface area (Å²) < 4.78 is 27.8. The van der Waals surface area contributed by atoms with Crippen molar-refractivity contribution in [2.24, 2.45) is 5.14 Å². The first-order valence-electron chi connectivity index (χ1n) is 5.62. The number of rotatable bonds is 2. The van der Waals surface area contributed by atoms with Gasteiger partial charge in [0.2, 0.25) is 10.0 Å². The van der Waals surface area contributed by atoms with Crippen molar-refractivity contribution in [3.05, 3.63) is 23.8 Å². The quantitative estimate of drug-likeness (QED) is 0.868. The molecule has 0 saturated carbocycles. The fourth-order valence-corrected chi connectivity index (χ4v) is 2.21. The van der Waals surface area contributed by atoms with Crippen molar-refractivity contribution >= 4 is 21.8 Å². The van der Waals surface area contributed by atoms with Gasteiger partial charge in [0.1, 0.15) is 5.60 Å². The maximum atomic E-state index is 11.6. The largest absolute Gasteiger partial charge is 0.444 e. The van der Waals surface area contributed by atoms with Crippen LogP contribution in [0.1, 0.15) is 26.3 Å². The van der Waals surface area contributed by atoms with Crippen molar-refractivity contribution in [3.63, 3.8) is 0 Å². The van der Waals surface area contributed by atoms with Crippen LogP contribution in [-0.4, -0.2) is 20.1 Å². The monoisotopic (exact) mass is 286 g/mol. The molecule has 0 fully saturated rings. The summed E-state index contributed by atoms with van der Waals surface area (Å²) in [5.41, 5.74) is 0.193. The van der Waals surface area contributed by atoms with Crippen LogP contribution in [0.2, 0.25) is 0 Å². The van der Waals surface area contributed by atoms with Crippen LogP contribution in [0.15, 0.2) is 23.1 Å². The molecule has 0 heterocycles. The van der Waals surface area contributed by atoms with Gasteiger partial charge in [-0.3, -0.25) is 5.32 Å². The van der Waals surface area contributed by atoms with Crippen molar-refractivity contribution in [3.8, 4) is 0 Å². The summed E-state index contributed by atoms with van der Waals surface area (Å²) in [6.45, 7) is 6.82. The molecule has 6 nitrogen and oxygen atoms in total. The van der Waals surface area contributed by atoms with Crippen molar-refractivity contribution in [1.82, 2.24) is 0 Å². The minimum Gasteiger partial charge on any atom is -0.444 e. The van der Waals surface area contributed by atoms with E-state index in [9.17, 15) is 13.2 Å². The molecule has 1 amide bonds. The number of nitrogens with two attached hydrogens (primary N) is 1. The Bertz CT molecular complexity index is 588. The van der Waals surface area contributed by atoms with Gasteiger partial charge >= 0.3 is 6.09 Å². The first-order valence-corrected chi connectivity index (χ1v) is 7.17. The minimum absolute atomic E-state index is 0.0268. The number of primary sulfonamides is 1. The Kier molecular flexibility index (Phi) is 4.21. The molecule has 0 aromatic heterocycles. The molecular weight excluding hydrogens is 268 g/mol. The number of carbonyl (C=O) groups is 1. The van der Waals surface area contributed by atoms with Crippen LogP contribution in [0.3, 0.4) is 0 Å². The number of amides is 1. The Morgan fingerprint density at radius 1 is 1.32 bits per heavy atom. The molecule has 19 heavy (non-hydrogen) atoms. The van der Waals surface area contributed by atoms with E-state index in [4.69, 9.17) is 9.88 Å². The van der Waals surface area contributed by atoms with Gasteiger partial charge < -0.3 is 4.74 Å². The van der Waals surface area contributed by atoms with Crippen molar-refractivity contribution in [1.29, 1.82) is 0 Å². The molecule has 3 N–H and O–H groups in total. The lowest BCUT2D eigenvalue weighted by Crippen LogP contribution is -2.27. The Balaban J connectivity index is 2.96. The lowest BCUT2D eigenvalue weighted by molar-refractivity contribution is 0.0636. The van der Waals surface area contributed by atoms with E-state index in [2.05, 4.69) is 5.32 Å². The molecule has 0 aliphatic heterocycles. The van der Waals surface area contributed by atoms with Crippen LogP contribution in [-0.2, 0) is 14.8 Å². The molecular formula is C12H18N2O4S. The van der Waals surface area contributed by atoms with E-state index < -0.39 is 21.7 Å². The molecule has 1 rings (SSSR count). The first-order chi connectivity index (χ1) is 8.49. The number of carbonyl (C=O) groups excluding carboxylic acids is 1. The highest BCUT2D eigenvalue weighted by Crippen LogP contribution is 2.19. The third kappa shape index (κ3) is 4.88. The van der Waals surface area contributed by atoms with Gasteiger partial charge in [0.05, 0.1) is 4.90 Å². The molecule has 1 aromatic carbocycles. The number of anilines is 1. The predicted molar refractivity (Wildman–Crippen MR) is 72.4 cm³/mol. The highest BCUT2D eigenvalue weighted by molar-refractivity contribution is 7.89. The van der Waals surface area contributed by atoms with Crippen LogP contribution < -0.4 is 10.5 Å². The van der Waals surface area contributed by atoms with E-state index in [0.29, 0.717) is 11.3 Å². The Labute approximate surface area is 113 Å². The average molecular weight is 286 g/mol. The number of sulfonamides is 1. The zero-order valence-electron chi connectivity index (χ0n) is 11.4. The van der Waals surface area contributed by atoms with E-state index in [-0.39, 0.29) is 4.90 Å². The molecule has 0 unspecified atom stereocenters. The molecule has 0 atom stereocenters. The molecule has 0 aliphatic rings. The topological polar surface area (TPSA) is 98.5 Å². The lowest BCUT2D eigenvalue weighted by atomic mass is 10.2. The summed E-state index contributed by atoms with van der Waals surface area (Å²) in [6.07, 6.45) is -0.656. The van der Waals surface area contributed by atoms with Crippen molar-refractivity contribution in [2.75, 3.05) is 5.32 Å². The van der Waals surface area contributed by atoms with Crippen LogP contribution in [0.25, 0.3) is 0 Å². The van der Waals surface area contributed by atoms with E-state index in [1.807, 2.05) is 0 Å². The number of nitrogens with one attached hydrogen (secondary N) is 1. The second-order valence-corrected chi connectivity index (χ2v) is 6.68. The second kappa shape index (κ2) is 5.18. The summed E-state index contributed by atoms with van der Waals surface area (Å²) in [6, 6.07) is 4.44. The van der Waals surface area contributed by atoms with E-state index in [1.54, 1.807) is 39.8 Å². The third-order valence-electron chi connectivity index (χ3n) is 2.14. The Morgan fingerprint density at radius 2 is 1.89 bits per heavy atom. The predicted octanol–water partition coefficient (Wildman–Crippen LogP) is 1.99. The average Bonchev–Trinajstić information content (AvgIpc) is 2.16. The van der Waals surface area contributed by atoms with Gasteiger partial charge in [-0.05, 0) is 45.4 Å². The maximum absolute atomic E-state index is 11.6. The molecule has 0 bridgehead atoms. The van der Waals surface area contributed by atoms with Gasteiger partial charge in [0, 0.05) is 5.69 Å². The Morgan fingerprint density at radius 3 is 2.37 bits per heavy atom. The van der Waals surface area contributed by atoms with Gasteiger partial charge in [-0.1, -0.05) is 6.07 Å². The zero-order valence-corrected chi connectivity index (χ0v) is 12.2. The molecule has 0 saturated heterocycles. The summed E-state index contributed by atoms with van der Waals surface area (Å²) >= 11 is 0. The minimum atomic E-state index is -3.82. The number of benzene rings is 1. The molecule has 0 radical (unpaired) electrons. The normalized spacial score (nSPS) is 12.1. The third-order valence-corrected chi connectivity index (χ3v) is 3.19. The molecule has 106 valence electrons. The fourth-order valence-electron chi connectivity index (χ4n) is 1.41. The highest BCUT2D eigenvalue weighted by atomic mass is 32.2. The molecule has 7 heteroatoms. The molecule has 0 aliphatic carbocycles. The summed E-state index contributed by atoms with van der Waals surface area (Å²) in [4.78, 5) is 11.5. The molecule has 1 aromatic rings. The standard InChI is InChI=1S/C12H18N2O4S/c1-8-5-6-9(7-10(8)19(13,16)17)14-11(15)18-12(2,3)4/h5-7H,1-4H3,(H,14,15)(H2,13,16,17). The summed E-state index contributed by atoms with van der Waals surface area (Å²) in [7, 11) is -3.82. The van der Waals surface area contributed by atoms with Crippen molar-refractivity contribution in [2.45, 2.75) is 38.2 Å². The smallest absolute Gasteiger partial charge is 0.412 e. The van der Waals surface area contributed by atoms with Gasteiger partial charge in [0.15, 0.2) is 0 Å². The maximum Gasteiger partial charge on any atom is 0.412 e. The molecule has 0 spiro atoms. The lowest BCUT2D eigenvalue weighted by Gasteiger charge is -2.19. The van der Waals surface area contributed by atoms with Crippen LogP contribution in [0.4, 0.5) is 10.5 Å². The fraction of sp³-hybridized carbons (Fsp3) is 0.417. The first kappa shape index (κ1) is 15.5. The Hall–Kier alpha value is -1.60. The van der Waals surface area contributed by atoms with E-state index in [1.165, 1.54) is 6.07 Å². The van der Waals surface area contributed by atoms with E-state index >= 15 is 0 Å². The number of hydrogen-bond donors (Lipinski definition) is 2. The van der Waals surface area contributed by atoms with Gasteiger partial charge in [0.25, 0.3) is 0 Å². The van der Waals surface area contributed by atoms with Gasteiger partial charge in [-0.25, -0.2) is 18.4 Å². The van der Waals surface area contributed by atoms with Crippen LogP contribution in [0, 0.1) is 6.92 Å². The van der Waals surface area contributed by atoms with E-state index in [0.717, 1.165) is 0 Å². The van der Waals surface area contributed by atoms with Crippen molar-refractivity contribution < 1.29 is 17.9 Å². The number of aryl methyl sites for hydroxylation is 1. The zero-order chi connectivity index (χ0) is 14.8. The SMILES string of the molecule is Cc1ccc(NC(=O)OC(C)(C)C)cc1S(N)(=O)=O. The van der Waals surface area contributed by atoms with Crippen LogP contribution >= 0.6 is 0 Å². The van der Waals surface area contributed by atoms with Gasteiger partial charge in [-0.15, -0.1) is 0 Å². The number of ether oxygens (including phenoxy) is 1. The van der Waals surface area contributed by atoms with Gasteiger partial charge in [-0.2, -0.15) is 0 Å². The number of hydrogen-bond acceptors (Lipinski definition) is 4. The summed E-state index contributed by atoms with van der Waals surface area (Å²) in [5, 5.41) is 7.54. The highest BCUT2D eigenvalue weighted by Gasteiger charge is 2.17.